The number of aliphatic hydroxyl groups excluding tert-OH is 1. The SMILES string of the molecule is CCCOC.COc1cccc(F)c1F.O=C(Nc1ccc(CO)nc1)C1CCCO1. The molecule has 1 aliphatic heterocycles. The second-order valence-corrected chi connectivity index (χ2v) is 6.44. The summed E-state index contributed by atoms with van der Waals surface area (Å²) in [5.41, 5.74) is 1.20. The Hall–Kier alpha value is -2.62. The highest BCUT2D eigenvalue weighted by Crippen LogP contribution is 2.18. The maximum Gasteiger partial charge on any atom is 0.253 e. The maximum absolute atomic E-state index is 12.5. The fraction of sp³-hybridized carbons (Fsp3) is 0.455. The minimum atomic E-state index is -0.940. The van der Waals surface area contributed by atoms with Crippen LogP contribution in [0.25, 0.3) is 0 Å². The van der Waals surface area contributed by atoms with Crippen molar-refractivity contribution in [2.45, 2.75) is 38.9 Å². The van der Waals surface area contributed by atoms with Gasteiger partial charge in [0.1, 0.15) is 6.10 Å². The topological polar surface area (TPSA) is 89.9 Å². The number of ether oxygens (including phenoxy) is 3. The lowest BCUT2D eigenvalue weighted by atomic mass is 10.2. The van der Waals surface area contributed by atoms with Gasteiger partial charge in [0.15, 0.2) is 11.6 Å². The van der Waals surface area contributed by atoms with E-state index in [2.05, 4.69) is 22.0 Å². The third-order valence-electron chi connectivity index (χ3n) is 4.02. The molecule has 7 nitrogen and oxygen atoms in total. The summed E-state index contributed by atoms with van der Waals surface area (Å²) in [5, 5.41) is 11.5. The first-order valence-corrected chi connectivity index (χ1v) is 9.91. The molecule has 1 aromatic heterocycles. The number of pyridine rings is 1. The van der Waals surface area contributed by atoms with Crippen molar-refractivity contribution in [2.24, 2.45) is 0 Å². The quantitative estimate of drug-likeness (QED) is 0.712. The molecule has 1 aromatic carbocycles. The molecule has 9 heteroatoms. The van der Waals surface area contributed by atoms with Gasteiger partial charge in [0.05, 0.1) is 31.3 Å². The van der Waals surface area contributed by atoms with E-state index in [0.29, 0.717) is 18.0 Å². The van der Waals surface area contributed by atoms with Gasteiger partial charge in [-0.1, -0.05) is 13.0 Å². The summed E-state index contributed by atoms with van der Waals surface area (Å²) < 4.78 is 39.3. The van der Waals surface area contributed by atoms with Gasteiger partial charge < -0.3 is 24.6 Å². The molecule has 0 radical (unpaired) electrons. The van der Waals surface area contributed by atoms with Gasteiger partial charge in [-0.3, -0.25) is 9.78 Å². The summed E-state index contributed by atoms with van der Waals surface area (Å²) in [6, 6.07) is 7.17. The number of hydrogen-bond donors (Lipinski definition) is 2. The van der Waals surface area contributed by atoms with E-state index in [4.69, 9.17) is 14.6 Å². The van der Waals surface area contributed by atoms with E-state index >= 15 is 0 Å². The van der Waals surface area contributed by atoms with Crippen LogP contribution < -0.4 is 10.1 Å². The van der Waals surface area contributed by atoms with Crippen LogP contribution >= 0.6 is 0 Å². The molecule has 0 aliphatic carbocycles. The van der Waals surface area contributed by atoms with E-state index in [1.54, 1.807) is 19.2 Å². The van der Waals surface area contributed by atoms with Crippen LogP contribution in [0, 0.1) is 11.6 Å². The number of halogens is 2. The first kappa shape index (κ1) is 26.4. The number of carbonyl (C=O) groups excluding carboxylic acids is 1. The number of amides is 1. The number of methoxy groups -OCH3 is 2. The minimum absolute atomic E-state index is 0.0694. The zero-order valence-electron chi connectivity index (χ0n) is 18.1. The van der Waals surface area contributed by atoms with Crippen molar-refractivity contribution in [3.05, 3.63) is 53.9 Å². The molecular formula is C22H30F2N2O5. The third-order valence-corrected chi connectivity index (χ3v) is 4.02. The van der Waals surface area contributed by atoms with E-state index in [0.717, 1.165) is 31.9 Å². The van der Waals surface area contributed by atoms with Gasteiger partial charge in [0.2, 0.25) is 5.82 Å². The Morgan fingerprint density at radius 2 is 2.06 bits per heavy atom. The first-order valence-electron chi connectivity index (χ1n) is 9.91. The lowest BCUT2D eigenvalue weighted by Crippen LogP contribution is -2.26. The van der Waals surface area contributed by atoms with Crippen molar-refractivity contribution in [1.82, 2.24) is 4.98 Å². The van der Waals surface area contributed by atoms with Gasteiger partial charge in [0, 0.05) is 20.3 Å². The van der Waals surface area contributed by atoms with Crippen molar-refractivity contribution in [2.75, 3.05) is 32.8 Å². The summed E-state index contributed by atoms with van der Waals surface area (Å²) in [5.74, 6) is -2.03. The van der Waals surface area contributed by atoms with Crippen LogP contribution in [0.1, 0.15) is 31.9 Å². The molecule has 3 rings (SSSR count). The van der Waals surface area contributed by atoms with Gasteiger partial charge in [-0.25, -0.2) is 4.39 Å². The number of nitrogens with zero attached hydrogens (tertiary/aromatic N) is 1. The van der Waals surface area contributed by atoms with Gasteiger partial charge in [-0.15, -0.1) is 0 Å². The highest BCUT2D eigenvalue weighted by atomic mass is 19.2. The second kappa shape index (κ2) is 15.2. The fourth-order valence-electron chi connectivity index (χ4n) is 2.44. The Labute approximate surface area is 181 Å². The molecule has 0 spiro atoms. The number of anilines is 1. The number of benzene rings is 1. The summed E-state index contributed by atoms with van der Waals surface area (Å²) in [6.45, 7) is 3.53. The standard InChI is InChI=1S/C11H14N2O3.C7H6F2O.C4H10O/c14-7-9-4-3-8(6-12-9)13-11(15)10-2-1-5-16-10;1-10-6-4-2-3-5(8)7(6)9;1-3-4-5-2/h3-4,6,10,14H,1-2,5,7H2,(H,13,15);2-4H,1H3;3-4H2,1-2H3. The van der Waals surface area contributed by atoms with Gasteiger partial charge >= 0.3 is 0 Å². The Balaban J connectivity index is 0.000000273. The molecule has 2 aromatic rings. The number of nitrogens with one attached hydrogen (secondary N) is 1. The molecule has 1 fully saturated rings. The molecule has 172 valence electrons. The predicted octanol–water partition coefficient (Wildman–Crippen LogP) is 3.71. The summed E-state index contributed by atoms with van der Waals surface area (Å²) >= 11 is 0. The molecule has 2 heterocycles. The van der Waals surface area contributed by atoms with Gasteiger partial charge in [-0.2, -0.15) is 4.39 Å². The zero-order valence-corrected chi connectivity index (χ0v) is 18.1. The fourth-order valence-corrected chi connectivity index (χ4v) is 2.44. The van der Waals surface area contributed by atoms with Crippen molar-refractivity contribution in [3.8, 4) is 5.75 Å². The molecule has 2 N–H and O–H groups in total. The number of hydrogen-bond acceptors (Lipinski definition) is 6. The highest BCUT2D eigenvalue weighted by Gasteiger charge is 2.23. The normalized spacial score (nSPS) is 14.6. The number of aliphatic hydroxyl groups is 1. The summed E-state index contributed by atoms with van der Waals surface area (Å²) in [6.07, 6.45) is 4.01. The monoisotopic (exact) mass is 440 g/mol. The van der Waals surface area contributed by atoms with Crippen molar-refractivity contribution in [1.29, 1.82) is 0 Å². The molecule has 0 bridgehead atoms. The highest BCUT2D eigenvalue weighted by molar-refractivity contribution is 5.94. The Bertz CT molecular complexity index is 767. The minimum Gasteiger partial charge on any atom is -0.494 e. The van der Waals surface area contributed by atoms with Crippen LogP contribution in [0.4, 0.5) is 14.5 Å². The largest absolute Gasteiger partial charge is 0.494 e. The number of aromatic nitrogens is 1. The third kappa shape index (κ3) is 9.82. The average Bonchev–Trinajstić information content (AvgIpc) is 3.33. The van der Waals surface area contributed by atoms with Crippen molar-refractivity contribution >= 4 is 11.6 Å². The zero-order chi connectivity index (χ0) is 23.1. The molecule has 1 saturated heterocycles. The van der Waals surface area contributed by atoms with E-state index in [1.807, 2.05) is 0 Å². The molecule has 1 amide bonds. The van der Waals surface area contributed by atoms with Gasteiger partial charge in [-0.05, 0) is 43.5 Å². The number of rotatable bonds is 6. The van der Waals surface area contributed by atoms with Crippen molar-refractivity contribution in [3.63, 3.8) is 0 Å². The Morgan fingerprint density at radius 1 is 1.29 bits per heavy atom. The van der Waals surface area contributed by atoms with Crippen LogP contribution in [0.15, 0.2) is 36.5 Å². The van der Waals surface area contributed by atoms with Crippen LogP contribution in [0.3, 0.4) is 0 Å². The van der Waals surface area contributed by atoms with Crippen LogP contribution in [0.5, 0.6) is 5.75 Å². The predicted molar refractivity (Wildman–Crippen MR) is 113 cm³/mol. The van der Waals surface area contributed by atoms with E-state index in [1.165, 1.54) is 25.4 Å². The van der Waals surface area contributed by atoms with E-state index in [-0.39, 0.29) is 24.4 Å². The second-order valence-electron chi connectivity index (χ2n) is 6.44. The Morgan fingerprint density at radius 3 is 2.52 bits per heavy atom. The first-order chi connectivity index (χ1) is 15.0. The maximum atomic E-state index is 12.5. The summed E-state index contributed by atoms with van der Waals surface area (Å²) in [7, 11) is 3.00. The molecule has 1 aliphatic rings. The lowest BCUT2D eigenvalue weighted by Gasteiger charge is -2.10. The smallest absolute Gasteiger partial charge is 0.253 e. The summed E-state index contributed by atoms with van der Waals surface area (Å²) in [4.78, 5) is 15.6. The van der Waals surface area contributed by atoms with Crippen LogP contribution in [0.2, 0.25) is 0 Å². The molecule has 31 heavy (non-hydrogen) atoms. The average molecular weight is 440 g/mol. The van der Waals surface area contributed by atoms with Crippen LogP contribution in [-0.4, -0.2) is 49.5 Å². The molecule has 1 unspecified atom stereocenters. The van der Waals surface area contributed by atoms with Crippen molar-refractivity contribution < 1.29 is 32.9 Å². The van der Waals surface area contributed by atoms with E-state index in [9.17, 15) is 13.6 Å². The lowest BCUT2D eigenvalue weighted by molar-refractivity contribution is -0.124. The molecule has 0 saturated carbocycles. The van der Waals surface area contributed by atoms with E-state index < -0.39 is 11.6 Å². The molecular weight excluding hydrogens is 410 g/mol. The number of carbonyl (C=O) groups is 1. The van der Waals surface area contributed by atoms with Crippen LogP contribution in [-0.2, 0) is 20.9 Å². The van der Waals surface area contributed by atoms with Gasteiger partial charge in [0.25, 0.3) is 5.91 Å². The molecule has 1 atom stereocenters. The Kier molecular flexibility index (Phi) is 13.0.